The van der Waals surface area contributed by atoms with Gasteiger partial charge in [-0.05, 0) is 19.3 Å². The first-order valence-corrected chi connectivity index (χ1v) is 8.14. The monoisotopic (exact) mass is 271 g/mol. The van der Waals surface area contributed by atoms with Crippen LogP contribution in [0.3, 0.4) is 0 Å². The second kappa shape index (κ2) is 13.9. The number of carbonyl (C=O) groups is 1. The zero-order valence-electron chi connectivity index (χ0n) is 12.7. The Labute approximate surface area is 119 Å². The lowest BCUT2D eigenvalue weighted by molar-refractivity contribution is -0.137. The van der Waals surface area contributed by atoms with Crippen molar-refractivity contribution in [3.8, 4) is 0 Å². The molecule has 3 nitrogen and oxygen atoms in total. The summed E-state index contributed by atoms with van der Waals surface area (Å²) in [6.07, 6.45) is 14.7. The smallest absolute Gasteiger partial charge is 0.303 e. The zero-order valence-corrected chi connectivity index (χ0v) is 12.7. The van der Waals surface area contributed by atoms with E-state index in [1.807, 2.05) is 0 Å². The molecule has 1 unspecified atom stereocenters. The van der Waals surface area contributed by atoms with E-state index in [9.17, 15) is 4.79 Å². The Bertz CT molecular complexity index is 207. The van der Waals surface area contributed by atoms with E-state index < -0.39 is 5.97 Å². The van der Waals surface area contributed by atoms with Crippen molar-refractivity contribution in [3.05, 3.63) is 0 Å². The number of unbranched alkanes of at least 4 members (excludes halogenated alkanes) is 8. The van der Waals surface area contributed by atoms with Gasteiger partial charge in [0.15, 0.2) is 0 Å². The Morgan fingerprint density at radius 1 is 0.895 bits per heavy atom. The summed E-state index contributed by atoms with van der Waals surface area (Å²) in [5, 5.41) is 8.50. The number of carboxylic acids is 1. The molecule has 114 valence electrons. The van der Waals surface area contributed by atoms with Gasteiger partial charge in [-0.1, -0.05) is 64.7 Å². The van der Waals surface area contributed by atoms with Gasteiger partial charge in [0.1, 0.15) is 0 Å². The van der Waals surface area contributed by atoms with Crippen LogP contribution in [0, 0.1) is 0 Å². The second-order valence-corrected chi connectivity index (χ2v) is 5.66. The fourth-order valence-electron chi connectivity index (χ4n) is 2.35. The van der Waals surface area contributed by atoms with E-state index in [1.165, 1.54) is 64.2 Å². The van der Waals surface area contributed by atoms with Gasteiger partial charge in [-0.2, -0.15) is 0 Å². The highest BCUT2D eigenvalue weighted by molar-refractivity contribution is 5.66. The molecule has 0 amide bonds. The number of rotatable bonds is 14. The van der Waals surface area contributed by atoms with Crippen LogP contribution in [-0.4, -0.2) is 17.1 Å². The van der Waals surface area contributed by atoms with E-state index in [0.717, 1.165) is 12.8 Å². The molecular weight excluding hydrogens is 238 g/mol. The Balaban J connectivity index is 3.08. The largest absolute Gasteiger partial charge is 0.481 e. The van der Waals surface area contributed by atoms with Crippen LogP contribution in [0.15, 0.2) is 0 Å². The predicted octanol–water partition coefficient (Wildman–Crippen LogP) is 4.49. The zero-order chi connectivity index (χ0) is 14.3. The molecule has 3 heteroatoms. The van der Waals surface area contributed by atoms with Crippen LogP contribution < -0.4 is 5.73 Å². The summed E-state index contributed by atoms with van der Waals surface area (Å²) in [5.74, 6) is -0.667. The predicted molar refractivity (Wildman–Crippen MR) is 81.3 cm³/mol. The topological polar surface area (TPSA) is 63.3 Å². The molecular formula is C16H33NO2. The molecule has 1 atom stereocenters. The standard InChI is InChI=1S/C16H33NO2/c1-2-3-12-15(17)13-10-8-6-4-5-7-9-11-14-16(18)19/h15H,2-14,17H2,1H3,(H,18,19). The molecule has 3 N–H and O–H groups in total. The van der Waals surface area contributed by atoms with Crippen molar-refractivity contribution < 1.29 is 9.90 Å². The minimum Gasteiger partial charge on any atom is -0.481 e. The van der Waals surface area contributed by atoms with Crippen LogP contribution in [0.25, 0.3) is 0 Å². The molecule has 0 radical (unpaired) electrons. The maximum Gasteiger partial charge on any atom is 0.303 e. The van der Waals surface area contributed by atoms with E-state index in [0.29, 0.717) is 12.5 Å². The summed E-state index contributed by atoms with van der Waals surface area (Å²) in [5.41, 5.74) is 6.03. The molecule has 19 heavy (non-hydrogen) atoms. The maximum atomic E-state index is 10.3. The van der Waals surface area contributed by atoms with Crippen LogP contribution >= 0.6 is 0 Å². The van der Waals surface area contributed by atoms with Gasteiger partial charge in [0.25, 0.3) is 0 Å². The molecule has 0 saturated carbocycles. The average Bonchev–Trinajstić information content (AvgIpc) is 2.38. The number of hydrogen-bond acceptors (Lipinski definition) is 2. The lowest BCUT2D eigenvalue weighted by Crippen LogP contribution is -2.19. The third-order valence-electron chi connectivity index (χ3n) is 3.64. The molecule has 0 fully saturated rings. The summed E-state index contributed by atoms with van der Waals surface area (Å²) in [7, 11) is 0. The third-order valence-corrected chi connectivity index (χ3v) is 3.64. The highest BCUT2D eigenvalue weighted by Crippen LogP contribution is 2.12. The molecule has 0 aliphatic heterocycles. The summed E-state index contributed by atoms with van der Waals surface area (Å²) in [4.78, 5) is 10.3. The first-order chi connectivity index (χ1) is 9.16. The highest BCUT2D eigenvalue weighted by atomic mass is 16.4. The van der Waals surface area contributed by atoms with Gasteiger partial charge < -0.3 is 10.8 Å². The van der Waals surface area contributed by atoms with Crippen molar-refractivity contribution in [1.82, 2.24) is 0 Å². The molecule has 0 spiro atoms. The minimum absolute atomic E-state index is 0.329. The Morgan fingerprint density at radius 2 is 1.37 bits per heavy atom. The van der Waals surface area contributed by atoms with Crippen molar-refractivity contribution in [3.63, 3.8) is 0 Å². The summed E-state index contributed by atoms with van der Waals surface area (Å²) < 4.78 is 0. The number of aliphatic carboxylic acids is 1. The van der Waals surface area contributed by atoms with Crippen LogP contribution in [0.1, 0.15) is 90.4 Å². The first kappa shape index (κ1) is 18.4. The van der Waals surface area contributed by atoms with Crippen molar-refractivity contribution in [2.24, 2.45) is 5.73 Å². The normalized spacial score (nSPS) is 12.5. The molecule has 0 aromatic rings. The van der Waals surface area contributed by atoms with Gasteiger partial charge in [-0.25, -0.2) is 0 Å². The summed E-state index contributed by atoms with van der Waals surface area (Å²) in [6.45, 7) is 2.21. The Kier molecular flexibility index (Phi) is 13.4. The fourth-order valence-corrected chi connectivity index (χ4v) is 2.35. The van der Waals surface area contributed by atoms with Gasteiger partial charge in [0.2, 0.25) is 0 Å². The van der Waals surface area contributed by atoms with Crippen molar-refractivity contribution >= 4 is 5.97 Å². The van der Waals surface area contributed by atoms with Gasteiger partial charge in [-0.15, -0.1) is 0 Å². The third kappa shape index (κ3) is 15.4. The van der Waals surface area contributed by atoms with Gasteiger partial charge >= 0.3 is 5.97 Å². The minimum atomic E-state index is -0.667. The highest BCUT2D eigenvalue weighted by Gasteiger charge is 2.01. The molecule has 0 aromatic carbocycles. The molecule has 0 rings (SSSR count). The summed E-state index contributed by atoms with van der Waals surface area (Å²) in [6, 6.07) is 0.413. The lowest BCUT2D eigenvalue weighted by atomic mass is 10.0. The molecule has 0 aromatic heterocycles. The van der Waals surface area contributed by atoms with Crippen LogP contribution in [0.5, 0.6) is 0 Å². The van der Waals surface area contributed by atoms with Crippen LogP contribution in [-0.2, 0) is 4.79 Å². The SMILES string of the molecule is CCCCC(N)CCCCCCCCCCC(=O)O. The number of hydrogen-bond donors (Lipinski definition) is 2. The second-order valence-electron chi connectivity index (χ2n) is 5.66. The molecule has 0 heterocycles. The summed E-state index contributed by atoms with van der Waals surface area (Å²) >= 11 is 0. The Hall–Kier alpha value is -0.570. The number of nitrogens with two attached hydrogens (primary N) is 1. The van der Waals surface area contributed by atoms with Crippen LogP contribution in [0.2, 0.25) is 0 Å². The van der Waals surface area contributed by atoms with E-state index >= 15 is 0 Å². The lowest BCUT2D eigenvalue weighted by Gasteiger charge is -2.10. The van der Waals surface area contributed by atoms with Crippen molar-refractivity contribution in [2.45, 2.75) is 96.4 Å². The number of carboxylic acid groups (broad SMARTS) is 1. The molecule has 0 aliphatic carbocycles. The maximum absolute atomic E-state index is 10.3. The average molecular weight is 271 g/mol. The van der Waals surface area contributed by atoms with E-state index in [4.69, 9.17) is 10.8 Å². The first-order valence-electron chi connectivity index (χ1n) is 8.14. The van der Waals surface area contributed by atoms with E-state index in [1.54, 1.807) is 0 Å². The molecule has 0 bridgehead atoms. The van der Waals surface area contributed by atoms with E-state index in [2.05, 4.69) is 6.92 Å². The van der Waals surface area contributed by atoms with Gasteiger partial charge in [0.05, 0.1) is 0 Å². The van der Waals surface area contributed by atoms with Crippen LogP contribution in [0.4, 0.5) is 0 Å². The Morgan fingerprint density at radius 3 is 1.89 bits per heavy atom. The van der Waals surface area contributed by atoms with Gasteiger partial charge in [-0.3, -0.25) is 4.79 Å². The quantitative estimate of drug-likeness (QED) is 0.457. The molecule has 0 saturated heterocycles. The van der Waals surface area contributed by atoms with Crippen molar-refractivity contribution in [2.75, 3.05) is 0 Å². The van der Waals surface area contributed by atoms with Gasteiger partial charge in [0, 0.05) is 12.5 Å². The molecule has 0 aliphatic rings. The van der Waals surface area contributed by atoms with Crippen molar-refractivity contribution in [1.29, 1.82) is 0 Å². The fraction of sp³-hybridized carbons (Fsp3) is 0.938. The van der Waals surface area contributed by atoms with E-state index in [-0.39, 0.29) is 0 Å².